The minimum atomic E-state index is -1.80. The van der Waals surface area contributed by atoms with Gasteiger partial charge in [0.05, 0.1) is 0 Å². The standard InChI is InChI=1S/C19H17F2N3O3/c1-11-4-3-5-13(8-11)22-16(25)10-24-17(26)19(2,23-18(24)27)14-9-12(20)6-7-15(14)21/h3-9H,10H2,1-2H3,(H,22,25)(H,23,27)/t19-/m1/s1. The molecule has 0 aliphatic carbocycles. The van der Waals surface area contributed by atoms with Gasteiger partial charge in [0, 0.05) is 11.3 Å². The minimum absolute atomic E-state index is 0.303. The highest BCUT2D eigenvalue weighted by atomic mass is 19.1. The number of nitrogens with one attached hydrogen (secondary N) is 2. The van der Waals surface area contributed by atoms with Crippen molar-refractivity contribution in [2.45, 2.75) is 19.4 Å². The molecule has 0 spiro atoms. The maximum absolute atomic E-state index is 14.1. The molecule has 0 radical (unpaired) electrons. The third-order valence-corrected chi connectivity index (χ3v) is 4.35. The Labute approximate surface area is 154 Å². The van der Waals surface area contributed by atoms with Crippen LogP contribution in [0, 0.1) is 18.6 Å². The quantitative estimate of drug-likeness (QED) is 0.809. The van der Waals surface area contributed by atoms with Gasteiger partial charge in [0.25, 0.3) is 5.91 Å². The van der Waals surface area contributed by atoms with E-state index in [1.807, 2.05) is 13.0 Å². The van der Waals surface area contributed by atoms with Crippen molar-refractivity contribution in [3.63, 3.8) is 0 Å². The first-order valence-corrected chi connectivity index (χ1v) is 8.17. The number of rotatable bonds is 4. The van der Waals surface area contributed by atoms with Crippen LogP contribution in [-0.4, -0.2) is 29.3 Å². The number of hydrogen-bond donors (Lipinski definition) is 2. The fourth-order valence-electron chi connectivity index (χ4n) is 2.97. The Hall–Kier alpha value is -3.29. The van der Waals surface area contributed by atoms with E-state index in [1.165, 1.54) is 6.92 Å². The summed E-state index contributed by atoms with van der Waals surface area (Å²) in [5.74, 6) is -3.01. The van der Waals surface area contributed by atoms with E-state index in [4.69, 9.17) is 0 Å². The molecule has 0 bridgehead atoms. The van der Waals surface area contributed by atoms with Gasteiger partial charge in [0.2, 0.25) is 5.91 Å². The lowest BCUT2D eigenvalue weighted by Gasteiger charge is -2.22. The second kappa shape index (κ2) is 6.79. The molecule has 0 aromatic heterocycles. The monoisotopic (exact) mass is 373 g/mol. The van der Waals surface area contributed by atoms with Crippen LogP contribution in [0.1, 0.15) is 18.1 Å². The Balaban J connectivity index is 1.79. The van der Waals surface area contributed by atoms with Gasteiger partial charge in [-0.2, -0.15) is 0 Å². The van der Waals surface area contributed by atoms with Crippen LogP contribution in [0.15, 0.2) is 42.5 Å². The van der Waals surface area contributed by atoms with Gasteiger partial charge in [-0.1, -0.05) is 12.1 Å². The van der Waals surface area contributed by atoms with Crippen LogP contribution in [-0.2, 0) is 15.1 Å². The molecule has 2 aromatic rings. The summed E-state index contributed by atoms with van der Waals surface area (Å²) in [6, 6.07) is 8.79. The Morgan fingerprint density at radius 1 is 1.19 bits per heavy atom. The van der Waals surface area contributed by atoms with Crippen molar-refractivity contribution < 1.29 is 23.2 Å². The molecule has 4 amide bonds. The van der Waals surface area contributed by atoms with Crippen LogP contribution < -0.4 is 10.6 Å². The summed E-state index contributed by atoms with van der Waals surface area (Å²) in [4.78, 5) is 37.8. The van der Waals surface area contributed by atoms with Crippen molar-refractivity contribution in [1.29, 1.82) is 0 Å². The van der Waals surface area contributed by atoms with Gasteiger partial charge in [-0.3, -0.25) is 14.5 Å². The Morgan fingerprint density at radius 2 is 1.93 bits per heavy atom. The molecule has 1 atom stereocenters. The Morgan fingerprint density at radius 3 is 2.63 bits per heavy atom. The Kier molecular flexibility index (Phi) is 4.65. The summed E-state index contributed by atoms with van der Waals surface area (Å²) in [6.07, 6.45) is 0. The molecule has 1 heterocycles. The van der Waals surface area contributed by atoms with Gasteiger partial charge in [0.1, 0.15) is 23.7 Å². The van der Waals surface area contributed by atoms with Crippen molar-refractivity contribution in [1.82, 2.24) is 10.2 Å². The van der Waals surface area contributed by atoms with Gasteiger partial charge >= 0.3 is 6.03 Å². The topological polar surface area (TPSA) is 78.5 Å². The highest BCUT2D eigenvalue weighted by Crippen LogP contribution is 2.31. The lowest BCUT2D eigenvalue weighted by atomic mass is 9.91. The SMILES string of the molecule is Cc1cccc(NC(=O)CN2C(=O)N[C@](C)(c3cc(F)ccc3F)C2=O)c1. The van der Waals surface area contributed by atoms with Crippen molar-refractivity contribution >= 4 is 23.5 Å². The van der Waals surface area contributed by atoms with Gasteiger partial charge in [0.15, 0.2) is 0 Å². The number of amides is 4. The number of imide groups is 1. The molecule has 27 heavy (non-hydrogen) atoms. The average molecular weight is 373 g/mol. The zero-order valence-electron chi connectivity index (χ0n) is 14.7. The predicted molar refractivity (Wildman–Crippen MR) is 93.8 cm³/mol. The molecular formula is C19H17F2N3O3. The molecule has 6 nitrogen and oxygen atoms in total. The molecular weight excluding hydrogens is 356 g/mol. The summed E-state index contributed by atoms with van der Waals surface area (Å²) in [6.45, 7) is 2.57. The molecule has 2 aromatic carbocycles. The first-order chi connectivity index (χ1) is 12.7. The lowest BCUT2D eigenvalue weighted by molar-refractivity contribution is -0.133. The zero-order chi connectivity index (χ0) is 19.8. The van der Waals surface area contributed by atoms with Gasteiger partial charge < -0.3 is 10.6 Å². The molecule has 3 rings (SSSR count). The molecule has 2 N–H and O–H groups in total. The van der Waals surface area contributed by atoms with Crippen molar-refractivity contribution in [2.24, 2.45) is 0 Å². The van der Waals surface area contributed by atoms with E-state index < -0.39 is 41.6 Å². The third kappa shape index (κ3) is 3.51. The van der Waals surface area contributed by atoms with E-state index in [2.05, 4.69) is 10.6 Å². The van der Waals surface area contributed by atoms with Gasteiger partial charge in [-0.05, 0) is 49.7 Å². The van der Waals surface area contributed by atoms with E-state index in [1.54, 1.807) is 18.2 Å². The van der Waals surface area contributed by atoms with E-state index in [0.29, 0.717) is 10.6 Å². The minimum Gasteiger partial charge on any atom is -0.325 e. The summed E-state index contributed by atoms with van der Waals surface area (Å²) in [5.41, 5.74) is -0.655. The molecule has 0 unspecified atom stereocenters. The fraction of sp³-hybridized carbons (Fsp3) is 0.211. The molecule has 1 saturated heterocycles. The fourth-order valence-corrected chi connectivity index (χ4v) is 2.97. The first kappa shape index (κ1) is 18.5. The highest BCUT2D eigenvalue weighted by molar-refractivity contribution is 6.10. The molecule has 1 fully saturated rings. The molecule has 1 aliphatic rings. The van der Waals surface area contributed by atoms with Crippen LogP contribution in [0.5, 0.6) is 0 Å². The number of aryl methyl sites for hydroxylation is 1. The van der Waals surface area contributed by atoms with E-state index in [9.17, 15) is 23.2 Å². The number of nitrogens with zero attached hydrogens (tertiary/aromatic N) is 1. The van der Waals surface area contributed by atoms with Crippen LogP contribution in [0.4, 0.5) is 19.3 Å². The van der Waals surface area contributed by atoms with Crippen LogP contribution in [0.25, 0.3) is 0 Å². The maximum Gasteiger partial charge on any atom is 0.325 e. The zero-order valence-corrected chi connectivity index (χ0v) is 14.7. The normalized spacial score (nSPS) is 19.2. The van der Waals surface area contributed by atoms with Gasteiger partial charge in [-0.15, -0.1) is 0 Å². The van der Waals surface area contributed by atoms with Gasteiger partial charge in [-0.25, -0.2) is 13.6 Å². The number of benzene rings is 2. The summed E-state index contributed by atoms with van der Waals surface area (Å²) in [7, 11) is 0. The van der Waals surface area contributed by atoms with Crippen molar-refractivity contribution in [3.05, 3.63) is 65.2 Å². The predicted octanol–water partition coefficient (Wildman–Crippen LogP) is 2.68. The number of carbonyl (C=O) groups is 3. The maximum atomic E-state index is 14.1. The second-order valence-electron chi connectivity index (χ2n) is 6.49. The lowest BCUT2D eigenvalue weighted by Crippen LogP contribution is -2.42. The summed E-state index contributed by atoms with van der Waals surface area (Å²) in [5, 5.41) is 4.94. The molecule has 0 saturated carbocycles. The van der Waals surface area contributed by atoms with E-state index in [-0.39, 0.29) is 5.56 Å². The number of urea groups is 1. The number of hydrogen-bond acceptors (Lipinski definition) is 3. The molecule has 8 heteroatoms. The largest absolute Gasteiger partial charge is 0.325 e. The van der Waals surface area contributed by atoms with Crippen LogP contribution in [0.3, 0.4) is 0 Å². The summed E-state index contributed by atoms with van der Waals surface area (Å²) < 4.78 is 27.6. The van der Waals surface area contributed by atoms with Crippen molar-refractivity contribution in [2.75, 3.05) is 11.9 Å². The molecule has 140 valence electrons. The van der Waals surface area contributed by atoms with E-state index >= 15 is 0 Å². The smallest absolute Gasteiger partial charge is 0.325 e. The summed E-state index contributed by atoms with van der Waals surface area (Å²) >= 11 is 0. The van der Waals surface area contributed by atoms with Crippen LogP contribution >= 0.6 is 0 Å². The number of anilines is 1. The average Bonchev–Trinajstić information content (AvgIpc) is 2.81. The third-order valence-electron chi connectivity index (χ3n) is 4.35. The highest BCUT2D eigenvalue weighted by Gasteiger charge is 2.50. The number of carbonyl (C=O) groups excluding carboxylic acids is 3. The molecule has 1 aliphatic heterocycles. The van der Waals surface area contributed by atoms with Crippen LogP contribution in [0.2, 0.25) is 0 Å². The first-order valence-electron chi connectivity index (χ1n) is 8.17. The van der Waals surface area contributed by atoms with Crippen molar-refractivity contribution in [3.8, 4) is 0 Å². The number of halogens is 2. The second-order valence-corrected chi connectivity index (χ2v) is 6.49. The van der Waals surface area contributed by atoms with E-state index in [0.717, 1.165) is 23.8 Å². The Bertz CT molecular complexity index is 948.